The lowest BCUT2D eigenvalue weighted by molar-refractivity contribution is 0.759. The average molecular weight is 338 g/mol. The second-order valence-electron chi connectivity index (χ2n) is 4.85. The minimum Gasteiger partial charge on any atom is -0.325 e. The molecule has 0 saturated carbocycles. The minimum absolute atomic E-state index is 0.683. The molecule has 0 amide bonds. The number of hydrogen-bond acceptors (Lipinski definition) is 2. The topological polar surface area (TPSA) is 16.1 Å². The molecule has 2 aromatic rings. The van der Waals surface area contributed by atoms with Crippen LogP contribution in [0.3, 0.4) is 0 Å². The van der Waals surface area contributed by atoms with E-state index in [-0.39, 0.29) is 0 Å². The Morgan fingerprint density at radius 1 is 1.32 bits per heavy atom. The van der Waals surface area contributed by atoms with Crippen molar-refractivity contribution in [3.8, 4) is 0 Å². The summed E-state index contributed by atoms with van der Waals surface area (Å²) in [6.45, 7) is 3.09. The van der Waals surface area contributed by atoms with Gasteiger partial charge in [-0.25, -0.2) is 4.98 Å². The number of aryl methyl sites for hydroxylation is 2. The van der Waals surface area contributed by atoms with Crippen LogP contribution < -0.4 is 4.90 Å². The van der Waals surface area contributed by atoms with Crippen LogP contribution >= 0.6 is 27.5 Å². The fourth-order valence-electron chi connectivity index (χ4n) is 2.55. The maximum absolute atomic E-state index is 6.33. The SMILES string of the molecule is Cc1ccc2c(c1)CCCN2c1ncc(Br)cc1Cl. The molecule has 0 saturated heterocycles. The molecule has 1 aromatic carbocycles. The molecule has 2 heterocycles. The normalized spacial score (nSPS) is 14.4. The molecular formula is C15H14BrClN2. The molecule has 3 rings (SSSR count). The zero-order valence-corrected chi connectivity index (χ0v) is 13.0. The summed E-state index contributed by atoms with van der Waals surface area (Å²) in [7, 11) is 0. The maximum Gasteiger partial charge on any atom is 0.151 e. The van der Waals surface area contributed by atoms with Gasteiger partial charge in [-0.2, -0.15) is 0 Å². The van der Waals surface area contributed by atoms with Crippen molar-refractivity contribution in [3.05, 3.63) is 51.1 Å². The van der Waals surface area contributed by atoms with Gasteiger partial charge in [0.15, 0.2) is 5.82 Å². The van der Waals surface area contributed by atoms with E-state index in [9.17, 15) is 0 Å². The summed E-state index contributed by atoms with van der Waals surface area (Å²) in [5.74, 6) is 0.842. The smallest absolute Gasteiger partial charge is 0.151 e. The summed E-state index contributed by atoms with van der Waals surface area (Å²) < 4.78 is 0.905. The lowest BCUT2D eigenvalue weighted by Crippen LogP contribution is -2.25. The maximum atomic E-state index is 6.33. The summed E-state index contributed by atoms with van der Waals surface area (Å²) >= 11 is 9.72. The zero-order chi connectivity index (χ0) is 13.4. The molecule has 0 N–H and O–H groups in total. The third-order valence-electron chi connectivity index (χ3n) is 3.40. The van der Waals surface area contributed by atoms with E-state index >= 15 is 0 Å². The molecule has 0 spiro atoms. The fourth-order valence-corrected chi connectivity index (χ4v) is 3.28. The van der Waals surface area contributed by atoms with Crippen LogP contribution in [-0.4, -0.2) is 11.5 Å². The minimum atomic E-state index is 0.683. The van der Waals surface area contributed by atoms with Crippen molar-refractivity contribution >= 4 is 39.0 Å². The summed E-state index contributed by atoms with van der Waals surface area (Å²) in [4.78, 5) is 6.69. The van der Waals surface area contributed by atoms with Crippen molar-refractivity contribution in [1.82, 2.24) is 4.98 Å². The Hall–Kier alpha value is -1.06. The lowest BCUT2D eigenvalue weighted by atomic mass is 9.99. The molecule has 0 bridgehead atoms. The first-order valence-corrected chi connectivity index (χ1v) is 7.50. The highest BCUT2D eigenvalue weighted by molar-refractivity contribution is 9.10. The Labute approximate surface area is 126 Å². The van der Waals surface area contributed by atoms with Gasteiger partial charge < -0.3 is 4.90 Å². The average Bonchev–Trinajstić information content (AvgIpc) is 2.38. The van der Waals surface area contributed by atoms with E-state index < -0.39 is 0 Å². The zero-order valence-electron chi connectivity index (χ0n) is 10.7. The van der Waals surface area contributed by atoms with Crippen LogP contribution in [-0.2, 0) is 6.42 Å². The number of fused-ring (bicyclic) bond motifs is 1. The van der Waals surface area contributed by atoms with Gasteiger partial charge in [-0.05, 0) is 53.4 Å². The second-order valence-corrected chi connectivity index (χ2v) is 6.17. The van der Waals surface area contributed by atoms with Crippen molar-refractivity contribution in [1.29, 1.82) is 0 Å². The highest BCUT2D eigenvalue weighted by Crippen LogP contribution is 2.36. The van der Waals surface area contributed by atoms with Gasteiger partial charge in [0.1, 0.15) is 0 Å². The summed E-state index contributed by atoms with van der Waals surface area (Å²) in [6.07, 6.45) is 4.05. The van der Waals surface area contributed by atoms with Crippen molar-refractivity contribution in [3.63, 3.8) is 0 Å². The van der Waals surface area contributed by atoms with E-state index in [1.54, 1.807) is 6.20 Å². The standard InChI is InChI=1S/C15H14BrClN2/c1-10-4-5-14-11(7-10)3-2-6-19(14)15-13(17)8-12(16)9-18-15/h4-5,7-9H,2-3,6H2,1H3. The van der Waals surface area contributed by atoms with Crippen LogP contribution in [0.15, 0.2) is 34.9 Å². The van der Waals surface area contributed by atoms with E-state index in [0.717, 1.165) is 29.7 Å². The number of benzene rings is 1. The number of hydrogen-bond donors (Lipinski definition) is 0. The van der Waals surface area contributed by atoms with E-state index in [1.165, 1.54) is 16.8 Å². The van der Waals surface area contributed by atoms with Crippen molar-refractivity contribution in [2.45, 2.75) is 19.8 Å². The lowest BCUT2D eigenvalue weighted by Gasteiger charge is -2.31. The highest BCUT2D eigenvalue weighted by atomic mass is 79.9. The van der Waals surface area contributed by atoms with Crippen LogP contribution in [0.2, 0.25) is 5.02 Å². The van der Waals surface area contributed by atoms with E-state index in [2.05, 4.69) is 50.9 Å². The number of nitrogens with zero attached hydrogens (tertiary/aromatic N) is 2. The monoisotopic (exact) mass is 336 g/mol. The quantitative estimate of drug-likeness (QED) is 0.736. The van der Waals surface area contributed by atoms with E-state index in [0.29, 0.717) is 5.02 Å². The molecule has 1 aliphatic rings. The number of halogens is 2. The third-order valence-corrected chi connectivity index (χ3v) is 4.11. The fraction of sp³-hybridized carbons (Fsp3) is 0.267. The van der Waals surface area contributed by atoms with Gasteiger partial charge in [0, 0.05) is 22.9 Å². The van der Waals surface area contributed by atoms with Crippen LogP contribution in [0.4, 0.5) is 11.5 Å². The molecule has 2 nitrogen and oxygen atoms in total. The van der Waals surface area contributed by atoms with E-state index in [1.807, 2.05) is 6.07 Å². The Kier molecular flexibility index (Phi) is 3.50. The van der Waals surface area contributed by atoms with E-state index in [4.69, 9.17) is 11.6 Å². The molecule has 0 unspecified atom stereocenters. The summed E-state index contributed by atoms with van der Waals surface area (Å²) in [6, 6.07) is 8.47. The molecule has 98 valence electrons. The molecule has 4 heteroatoms. The van der Waals surface area contributed by atoms with Crippen LogP contribution in [0, 0.1) is 6.92 Å². The molecule has 0 radical (unpaired) electrons. The molecule has 0 fully saturated rings. The Bertz CT molecular complexity index is 628. The van der Waals surface area contributed by atoms with Gasteiger partial charge in [0.2, 0.25) is 0 Å². The Morgan fingerprint density at radius 3 is 2.95 bits per heavy atom. The largest absolute Gasteiger partial charge is 0.325 e. The van der Waals surface area contributed by atoms with Crippen LogP contribution in [0.1, 0.15) is 17.5 Å². The molecule has 0 aliphatic carbocycles. The number of rotatable bonds is 1. The van der Waals surface area contributed by atoms with Gasteiger partial charge in [-0.3, -0.25) is 0 Å². The first-order chi connectivity index (χ1) is 9.15. The summed E-state index contributed by atoms with van der Waals surface area (Å²) in [5, 5.41) is 0.683. The molecule has 19 heavy (non-hydrogen) atoms. The highest BCUT2D eigenvalue weighted by Gasteiger charge is 2.21. The Balaban J connectivity index is 2.08. The number of pyridine rings is 1. The molecule has 1 aromatic heterocycles. The molecular weight excluding hydrogens is 324 g/mol. The first-order valence-electron chi connectivity index (χ1n) is 6.33. The molecule has 1 aliphatic heterocycles. The third kappa shape index (κ3) is 2.49. The first kappa shape index (κ1) is 12.9. The van der Waals surface area contributed by atoms with Crippen molar-refractivity contribution in [2.75, 3.05) is 11.4 Å². The van der Waals surface area contributed by atoms with Gasteiger partial charge in [-0.15, -0.1) is 0 Å². The molecule has 0 atom stereocenters. The number of aromatic nitrogens is 1. The van der Waals surface area contributed by atoms with Gasteiger partial charge in [0.25, 0.3) is 0 Å². The van der Waals surface area contributed by atoms with Gasteiger partial charge in [0.05, 0.1) is 5.02 Å². The number of anilines is 2. The van der Waals surface area contributed by atoms with Crippen LogP contribution in [0.5, 0.6) is 0 Å². The summed E-state index contributed by atoms with van der Waals surface area (Å²) in [5.41, 5.74) is 3.91. The van der Waals surface area contributed by atoms with Gasteiger partial charge in [-0.1, -0.05) is 29.3 Å². The predicted molar refractivity (Wildman–Crippen MR) is 83.5 cm³/mol. The van der Waals surface area contributed by atoms with Crippen molar-refractivity contribution in [2.24, 2.45) is 0 Å². The Morgan fingerprint density at radius 2 is 2.16 bits per heavy atom. The van der Waals surface area contributed by atoms with Gasteiger partial charge >= 0.3 is 0 Å². The van der Waals surface area contributed by atoms with Crippen molar-refractivity contribution < 1.29 is 0 Å². The second kappa shape index (κ2) is 5.14. The van der Waals surface area contributed by atoms with Crippen LogP contribution in [0.25, 0.3) is 0 Å². The predicted octanol–water partition coefficient (Wildman–Crippen LogP) is 4.89.